The summed E-state index contributed by atoms with van der Waals surface area (Å²) in [5.41, 5.74) is 1.84. The van der Waals surface area contributed by atoms with Crippen molar-refractivity contribution in [2.24, 2.45) is 0 Å². The lowest BCUT2D eigenvalue weighted by Gasteiger charge is -2.38. The van der Waals surface area contributed by atoms with E-state index in [1.54, 1.807) is 17.3 Å². The Kier molecular flexibility index (Phi) is 6.36. The van der Waals surface area contributed by atoms with Gasteiger partial charge in [0.1, 0.15) is 6.54 Å². The zero-order valence-corrected chi connectivity index (χ0v) is 16.3. The number of nitrogens with zero attached hydrogens (tertiary/aromatic N) is 3. The molecule has 2 amide bonds. The normalized spacial score (nSPS) is 19.3. The second-order valence-corrected chi connectivity index (χ2v) is 7.35. The van der Waals surface area contributed by atoms with E-state index in [4.69, 9.17) is 0 Å². The summed E-state index contributed by atoms with van der Waals surface area (Å²) >= 11 is 1.53. The number of para-hydroxylation sites is 1. The molecule has 3 heterocycles. The SMILES string of the molecule is Cl.O=C1CSc2ccccc2N1CC(=O)N1CCNCC1c1cccnc1. The predicted octanol–water partition coefficient (Wildman–Crippen LogP) is 2.12. The van der Waals surface area contributed by atoms with Crippen molar-refractivity contribution in [1.82, 2.24) is 15.2 Å². The van der Waals surface area contributed by atoms with Gasteiger partial charge >= 0.3 is 0 Å². The molecule has 1 unspecified atom stereocenters. The smallest absolute Gasteiger partial charge is 0.243 e. The van der Waals surface area contributed by atoms with Crippen molar-refractivity contribution >= 4 is 41.7 Å². The molecule has 2 aromatic rings. The Morgan fingerprint density at radius 2 is 2.11 bits per heavy atom. The monoisotopic (exact) mass is 404 g/mol. The Bertz CT molecular complexity index is 820. The quantitative estimate of drug-likeness (QED) is 0.848. The van der Waals surface area contributed by atoms with Crippen LogP contribution in [0.3, 0.4) is 0 Å². The Morgan fingerprint density at radius 3 is 2.93 bits per heavy atom. The fourth-order valence-corrected chi connectivity index (χ4v) is 4.36. The van der Waals surface area contributed by atoms with Crippen LogP contribution in [-0.2, 0) is 9.59 Å². The maximum Gasteiger partial charge on any atom is 0.243 e. The van der Waals surface area contributed by atoms with E-state index in [1.807, 2.05) is 41.3 Å². The number of rotatable bonds is 3. The number of fused-ring (bicyclic) bond motifs is 1. The number of carbonyl (C=O) groups excluding carboxylic acids is 2. The van der Waals surface area contributed by atoms with E-state index >= 15 is 0 Å². The second kappa shape index (κ2) is 8.73. The summed E-state index contributed by atoms with van der Waals surface area (Å²) in [5, 5.41) is 3.34. The van der Waals surface area contributed by atoms with Gasteiger partial charge in [-0.1, -0.05) is 18.2 Å². The fourth-order valence-electron chi connectivity index (χ4n) is 3.43. The molecule has 8 heteroatoms. The van der Waals surface area contributed by atoms with Crippen molar-refractivity contribution in [2.75, 3.05) is 36.8 Å². The molecule has 1 saturated heterocycles. The van der Waals surface area contributed by atoms with Crippen molar-refractivity contribution in [3.63, 3.8) is 0 Å². The minimum Gasteiger partial charge on any atom is -0.331 e. The van der Waals surface area contributed by atoms with Gasteiger partial charge in [-0.3, -0.25) is 14.6 Å². The predicted molar refractivity (Wildman–Crippen MR) is 108 cm³/mol. The zero-order valence-electron chi connectivity index (χ0n) is 14.7. The Morgan fingerprint density at radius 1 is 1.26 bits per heavy atom. The molecule has 1 atom stereocenters. The lowest BCUT2D eigenvalue weighted by Crippen LogP contribution is -2.52. The topological polar surface area (TPSA) is 65.5 Å². The van der Waals surface area contributed by atoms with Gasteiger partial charge in [-0.15, -0.1) is 24.2 Å². The number of carbonyl (C=O) groups is 2. The van der Waals surface area contributed by atoms with E-state index in [9.17, 15) is 9.59 Å². The lowest BCUT2D eigenvalue weighted by molar-refractivity contribution is -0.134. The number of hydrogen-bond acceptors (Lipinski definition) is 5. The molecule has 0 spiro atoms. The highest BCUT2D eigenvalue weighted by atomic mass is 35.5. The van der Waals surface area contributed by atoms with Crippen LogP contribution in [0.25, 0.3) is 0 Å². The highest BCUT2D eigenvalue weighted by Gasteiger charge is 2.32. The van der Waals surface area contributed by atoms with E-state index < -0.39 is 0 Å². The van der Waals surface area contributed by atoms with Crippen molar-refractivity contribution < 1.29 is 9.59 Å². The molecular weight excluding hydrogens is 384 g/mol. The minimum absolute atomic E-state index is 0. The maximum atomic E-state index is 13.1. The summed E-state index contributed by atoms with van der Waals surface area (Å²) in [6, 6.07) is 11.6. The zero-order chi connectivity index (χ0) is 17.9. The largest absolute Gasteiger partial charge is 0.331 e. The van der Waals surface area contributed by atoms with E-state index in [-0.39, 0.29) is 36.8 Å². The molecule has 2 aliphatic rings. The molecule has 4 rings (SSSR count). The van der Waals surface area contributed by atoms with Crippen LogP contribution in [0.15, 0.2) is 53.7 Å². The lowest BCUT2D eigenvalue weighted by atomic mass is 10.1. The van der Waals surface area contributed by atoms with Crippen LogP contribution in [0.5, 0.6) is 0 Å². The first kappa shape index (κ1) is 19.7. The Labute approximate surface area is 168 Å². The summed E-state index contributed by atoms with van der Waals surface area (Å²) in [7, 11) is 0. The third-order valence-electron chi connectivity index (χ3n) is 4.73. The first-order valence-corrected chi connectivity index (χ1v) is 9.65. The van der Waals surface area contributed by atoms with Crippen molar-refractivity contribution in [3.05, 3.63) is 54.4 Å². The summed E-state index contributed by atoms with van der Waals surface area (Å²) < 4.78 is 0. The molecule has 0 saturated carbocycles. The highest BCUT2D eigenvalue weighted by Crippen LogP contribution is 2.35. The van der Waals surface area contributed by atoms with E-state index in [1.165, 1.54) is 11.8 Å². The van der Waals surface area contributed by atoms with Gasteiger partial charge in [0, 0.05) is 36.9 Å². The first-order valence-electron chi connectivity index (χ1n) is 8.66. The number of nitrogens with one attached hydrogen (secondary N) is 1. The minimum atomic E-state index is -0.0607. The summed E-state index contributed by atoms with van der Waals surface area (Å²) in [4.78, 5) is 34.2. The third kappa shape index (κ3) is 4.10. The van der Waals surface area contributed by atoms with Crippen LogP contribution in [0, 0.1) is 0 Å². The van der Waals surface area contributed by atoms with Gasteiger partial charge in [0.2, 0.25) is 11.8 Å². The number of halogens is 1. The molecule has 1 fully saturated rings. The number of aromatic nitrogens is 1. The first-order chi connectivity index (χ1) is 12.7. The van der Waals surface area contributed by atoms with Gasteiger partial charge in [-0.05, 0) is 23.8 Å². The average Bonchev–Trinajstić information content (AvgIpc) is 2.71. The Hall–Kier alpha value is -2.09. The van der Waals surface area contributed by atoms with Gasteiger partial charge in [0.25, 0.3) is 0 Å². The highest BCUT2D eigenvalue weighted by molar-refractivity contribution is 8.00. The molecule has 27 heavy (non-hydrogen) atoms. The van der Waals surface area contributed by atoms with Crippen molar-refractivity contribution in [1.29, 1.82) is 0 Å². The second-order valence-electron chi connectivity index (χ2n) is 6.33. The van der Waals surface area contributed by atoms with Gasteiger partial charge in [0.05, 0.1) is 17.5 Å². The van der Waals surface area contributed by atoms with Gasteiger partial charge in [-0.25, -0.2) is 0 Å². The summed E-state index contributed by atoms with van der Waals surface area (Å²) in [6.07, 6.45) is 3.53. The number of benzene rings is 1. The van der Waals surface area contributed by atoms with Gasteiger partial charge in [0.15, 0.2) is 0 Å². The summed E-state index contributed by atoms with van der Waals surface area (Å²) in [5.74, 6) is 0.322. The number of amides is 2. The molecule has 0 aliphatic carbocycles. The van der Waals surface area contributed by atoms with Crippen LogP contribution >= 0.6 is 24.2 Å². The molecule has 1 aromatic carbocycles. The van der Waals surface area contributed by atoms with Gasteiger partial charge in [-0.2, -0.15) is 0 Å². The average molecular weight is 405 g/mol. The Balaban J connectivity index is 0.00000210. The van der Waals surface area contributed by atoms with E-state index in [0.29, 0.717) is 18.8 Å². The molecule has 0 bridgehead atoms. The van der Waals surface area contributed by atoms with Crippen LogP contribution in [0.1, 0.15) is 11.6 Å². The number of piperazine rings is 1. The van der Waals surface area contributed by atoms with E-state index in [2.05, 4.69) is 10.3 Å². The maximum absolute atomic E-state index is 13.1. The number of hydrogen-bond donors (Lipinski definition) is 1. The van der Waals surface area contributed by atoms with Crippen molar-refractivity contribution in [3.8, 4) is 0 Å². The van der Waals surface area contributed by atoms with E-state index in [0.717, 1.165) is 22.7 Å². The van der Waals surface area contributed by atoms with Gasteiger partial charge < -0.3 is 15.1 Å². The molecule has 0 radical (unpaired) electrons. The molecule has 1 N–H and O–H groups in total. The number of thioether (sulfide) groups is 1. The summed E-state index contributed by atoms with van der Waals surface area (Å²) in [6.45, 7) is 2.14. The van der Waals surface area contributed by atoms with Crippen LogP contribution in [0.4, 0.5) is 5.69 Å². The molecule has 2 aliphatic heterocycles. The van der Waals surface area contributed by atoms with Crippen LogP contribution < -0.4 is 10.2 Å². The number of pyridine rings is 1. The molecule has 6 nitrogen and oxygen atoms in total. The van der Waals surface area contributed by atoms with Crippen molar-refractivity contribution in [2.45, 2.75) is 10.9 Å². The van der Waals surface area contributed by atoms with Crippen LogP contribution in [0.2, 0.25) is 0 Å². The standard InChI is InChI=1S/C19H20N4O2S.ClH/c24-18(12-23-15-5-1-2-6-17(15)26-13-19(23)25)22-9-8-21-11-16(22)14-4-3-7-20-10-14;/h1-7,10,16,21H,8-9,11-13H2;1H. The molecule has 1 aromatic heterocycles. The molecular formula is C19H21ClN4O2S. The fraction of sp³-hybridized carbons (Fsp3) is 0.316. The number of anilines is 1. The third-order valence-corrected chi connectivity index (χ3v) is 5.78. The molecule has 142 valence electrons. The van der Waals surface area contributed by atoms with Crippen LogP contribution in [-0.4, -0.2) is 53.6 Å².